The van der Waals surface area contributed by atoms with Gasteiger partial charge in [0.25, 0.3) is 0 Å². The number of pyridine rings is 1. The number of benzene rings is 2. The molecule has 9 heteroatoms. The predicted octanol–water partition coefficient (Wildman–Crippen LogP) is 4.66. The second kappa shape index (κ2) is 11.1. The van der Waals surface area contributed by atoms with Crippen molar-refractivity contribution in [1.29, 1.82) is 0 Å². The molecular weight excluding hydrogens is 488 g/mol. The van der Waals surface area contributed by atoms with Crippen LogP contribution in [0.3, 0.4) is 0 Å². The van der Waals surface area contributed by atoms with Crippen LogP contribution in [0.4, 0.5) is 11.5 Å². The number of carbonyl (C=O) groups excluding carboxylic acids is 1. The molecule has 3 aromatic rings. The van der Waals surface area contributed by atoms with Crippen LogP contribution in [0.15, 0.2) is 59.5 Å². The summed E-state index contributed by atoms with van der Waals surface area (Å²) in [5.41, 5.74) is 1.50. The van der Waals surface area contributed by atoms with Gasteiger partial charge in [-0.2, -0.15) is 4.31 Å². The maximum absolute atomic E-state index is 13.1. The molecule has 196 valence electrons. The fourth-order valence-corrected chi connectivity index (χ4v) is 6.68. The topological polar surface area (TPSA) is 91.8 Å². The highest BCUT2D eigenvalue weighted by atomic mass is 32.2. The second-order valence-corrected chi connectivity index (χ2v) is 11.7. The van der Waals surface area contributed by atoms with Crippen molar-refractivity contribution in [2.75, 3.05) is 43.0 Å². The molecule has 2 aliphatic heterocycles. The quantitative estimate of drug-likeness (QED) is 0.485. The maximum Gasteiger partial charge on any atom is 0.243 e. The number of amides is 1. The number of carbonyl (C=O) groups is 1. The standard InChI is InChI=1S/C28H34N4O4S/c1-2-36-24-11-9-23(10-12-24)29-28(33)22-7-6-16-31(20-22)27-15-8-21-19-25(13-14-26(21)30-27)37(34,35)32-17-4-3-5-18-32/h8-15,19,22H,2-7,16-18,20H2,1H3,(H,29,33)/t22-/m0/s1. The molecule has 1 N–H and O–H groups in total. The number of sulfonamides is 1. The predicted molar refractivity (Wildman–Crippen MR) is 146 cm³/mol. The van der Waals surface area contributed by atoms with Gasteiger partial charge in [-0.3, -0.25) is 4.79 Å². The molecule has 2 fully saturated rings. The van der Waals surface area contributed by atoms with Crippen molar-refractivity contribution in [3.8, 4) is 5.75 Å². The first-order chi connectivity index (χ1) is 17.9. The van der Waals surface area contributed by atoms with Gasteiger partial charge in [0.15, 0.2) is 0 Å². The molecule has 37 heavy (non-hydrogen) atoms. The number of aromatic nitrogens is 1. The number of piperidine rings is 2. The number of hydrogen-bond donors (Lipinski definition) is 1. The number of fused-ring (bicyclic) bond motifs is 1. The molecule has 5 rings (SSSR count). The monoisotopic (exact) mass is 522 g/mol. The minimum absolute atomic E-state index is 0.00205. The fourth-order valence-electron chi connectivity index (χ4n) is 5.13. The molecule has 0 unspecified atom stereocenters. The smallest absolute Gasteiger partial charge is 0.243 e. The van der Waals surface area contributed by atoms with Gasteiger partial charge in [-0.05, 0) is 87.2 Å². The molecular formula is C28H34N4O4S. The molecule has 8 nitrogen and oxygen atoms in total. The molecule has 1 aromatic heterocycles. The van der Waals surface area contributed by atoms with Gasteiger partial charge >= 0.3 is 0 Å². The second-order valence-electron chi connectivity index (χ2n) is 9.72. The van der Waals surface area contributed by atoms with Crippen molar-refractivity contribution in [2.45, 2.75) is 43.9 Å². The summed E-state index contributed by atoms with van der Waals surface area (Å²) in [5, 5.41) is 3.82. The number of hydrogen-bond acceptors (Lipinski definition) is 6. The number of anilines is 2. The molecule has 0 radical (unpaired) electrons. The summed E-state index contributed by atoms with van der Waals surface area (Å²) in [7, 11) is -3.49. The summed E-state index contributed by atoms with van der Waals surface area (Å²) >= 11 is 0. The van der Waals surface area contributed by atoms with Gasteiger partial charge in [0.05, 0.1) is 22.9 Å². The largest absolute Gasteiger partial charge is 0.494 e. The average molecular weight is 523 g/mol. The molecule has 1 amide bonds. The van der Waals surface area contributed by atoms with Crippen LogP contribution in [0.2, 0.25) is 0 Å². The van der Waals surface area contributed by atoms with Crippen LogP contribution in [0, 0.1) is 5.92 Å². The van der Waals surface area contributed by atoms with E-state index in [1.807, 2.05) is 43.3 Å². The number of nitrogens with zero attached hydrogens (tertiary/aromatic N) is 3. The number of nitrogens with one attached hydrogen (secondary N) is 1. The van der Waals surface area contributed by atoms with Crippen molar-refractivity contribution >= 4 is 38.3 Å². The summed E-state index contributed by atoms with van der Waals surface area (Å²) in [6.45, 7) is 5.12. The summed E-state index contributed by atoms with van der Waals surface area (Å²) in [5.74, 6) is 1.44. The minimum Gasteiger partial charge on any atom is -0.494 e. The zero-order chi connectivity index (χ0) is 25.8. The number of ether oxygens (including phenoxy) is 1. The molecule has 3 heterocycles. The van der Waals surface area contributed by atoms with Crippen LogP contribution < -0.4 is 15.0 Å². The number of rotatable bonds is 7. The maximum atomic E-state index is 13.1. The van der Waals surface area contributed by atoms with Crippen LogP contribution in [0.1, 0.15) is 39.0 Å². The van der Waals surface area contributed by atoms with Crippen molar-refractivity contribution in [3.05, 3.63) is 54.6 Å². The SMILES string of the molecule is CCOc1ccc(NC(=O)[C@H]2CCCN(c3ccc4cc(S(=O)(=O)N5CCCCC5)ccc4n3)C2)cc1. The van der Waals surface area contributed by atoms with E-state index >= 15 is 0 Å². The molecule has 1 atom stereocenters. The van der Waals surface area contributed by atoms with E-state index in [1.165, 1.54) is 0 Å². The molecule has 2 aromatic carbocycles. The molecule has 2 saturated heterocycles. The van der Waals surface area contributed by atoms with Crippen molar-refractivity contribution in [3.63, 3.8) is 0 Å². The Balaban J connectivity index is 1.27. The van der Waals surface area contributed by atoms with Gasteiger partial charge in [-0.15, -0.1) is 0 Å². The highest BCUT2D eigenvalue weighted by molar-refractivity contribution is 7.89. The van der Waals surface area contributed by atoms with E-state index in [0.29, 0.717) is 31.1 Å². The first-order valence-corrected chi connectivity index (χ1v) is 14.6. The van der Waals surface area contributed by atoms with Gasteiger partial charge in [0.2, 0.25) is 15.9 Å². The van der Waals surface area contributed by atoms with E-state index < -0.39 is 10.0 Å². The first-order valence-electron chi connectivity index (χ1n) is 13.1. The Bertz CT molecular complexity index is 1350. The summed E-state index contributed by atoms with van der Waals surface area (Å²) in [6.07, 6.45) is 4.62. The highest BCUT2D eigenvalue weighted by Crippen LogP contribution is 2.28. The van der Waals surface area contributed by atoms with E-state index in [2.05, 4.69) is 10.2 Å². The average Bonchev–Trinajstić information content (AvgIpc) is 2.94. The van der Waals surface area contributed by atoms with E-state index in [0.717, 1.165) is 66.8 Å². The van der Waals surface area contributed by atoms with Crippen molar-refractivity contribution in [1.82, 2.24) is 9.29 Å². The van der Waals surface area contributed by atoms with Crippen molar-refractivity contribution in [2.24, 2.45) is 5.92 Å². The first kappa shape index (κ1) is 25.5. The Hall–Kier alpha value is -3.17. The third-order valence-electron chi connectivity index (χ3n) is 7.15. The van der Waals surface area contributed by atoms with Crippen LogP contribution in [0.5, 0.6) is 5.75 Å². The summed E-state index contributed by atoms with van der Waals surface area (Å²) in [6, 6.07) is 16.4. The third-order valence-corrected chi connectivity index (χ3v) is 9.04. The summed E-state index contributed by atoms with van der Waals surface area (Å²) in [4.78, 5) is 20.3. The Morgan fingerprint density at radius 1 is 1.00 bits per heavy atom. The highest BCUT2D eigenvalue weighted by Gasteiger charge is 2.28. The van der Waals surface area contributed by atoms with Crippen LogP contribution >= 0.6 is 0 Å². The van der Waals surface area contributed by atoms with Crippen LogP contribution in [0.25, 0.3) is 10.9 Å². The van der Waals surface area contributed by atoms with E-state index in [4.69, 9.17) is 9.72 Å². The molecule has 0 spiro atoms. The van der Waals surface area contributed by atoms with Crippen LogP contribution in [-0.2, 0) is 14.8 Å². The summed E-state index contributed by atoms with van der Waals surface area (Å²) < 4.78 is 33.2. The van der Waals surface area contributed by atoms with Gasteiger partial charge in [-0.1, -0.05) is 6.42 Å². The zero-order valence-electron chi connectivity index (χ0n) is 21.2. The van der Waals surface area contributed by atoms with Gasteiger partial charge < -0.3 is 15.0 Å². The lowest BCUT2D eigenvalue weighted by atomic mass is 9.97. The lowest BCUT2D eigenvalue weighted by molar-refractivity contribution is -0.120. The van der Waals surface area contributed by atoms with Gasteiger partial charge in [-0.25, -0.2) is 13.4 Å². The molecule has 0 aliphatic carbocycles. The lowest BCUT2D eigenvalue weighted by Crippen LogP contribution is -2.41. The van der Waals surface area contributed by atoms with E-state index in [-0.39, 0.29) is 11.8 Å². The third kappa shape index (κ3) is 5.72. The minimum atomic E-state index is -3.49. The normalized spacial score (nSPS) is 19.1. The zero-order valence-corrected chi connectivity index (χ0v) is 22.0. The van der Waals surface area contributed by atoms with E-state index in [1.54, 1.807) is 22.5 Å². The van der Waals surface area contributed by atoms with E-state index in [9.17, 15) is 13.2 Å². The fraction of sp³-hybridized carbons (Fsp3) is 0.429. The molecule has 0 bridgehead atoms. The lowest BCUT2D eigenvalue weighted by Gasteiger charge is -2.33. The van der Waals surface area contributed by atoms with Gasteiger partial charge in [0.1, 0.15) is 11.6 Å². The Labute approximate surface area is 218 Å². The van der Waals surface area contributed by atoms with Crippen molar-refractivity contribution < 1.29 is 17.9 Å². The Morgan fingerprint density at radius 2 is 1.78 bits per heavy atom. The van der Waals surface area contributed by atoms with Crippen LogP contribution in [-0.4, -0.2) is 56.4 Å². The Morgan fingerprint density at radius 3 is 2.54 bits per heavy atom. The molecule has 2 aliphatic rings. The Kier molecular flexibility index (Phi) is 7.62. The molecule has 0 saturated carbocycles. The van der Waals surface area contributed by atoms with Gasteiger partial charge in [0, 0.05) is 37.3 Å².